The van der Waals surface area contributed by atoms with Crippen molar-refractivity contribution in [1.29, 1.82) is 0 Å². The van der Waals surface area contributed by atoms with Crippen LogP contribution in [0.15, 0.2) is 6.20 Å². The molecule has 1 aliphatic heterocycles. The summed E-state index contributed by atoms with van der Waals surface area (Å²) in [4.78, 5) is 25.2. The van der Waals surface area contributed by atoms with Crippen LogP contribution in [-0.4, -0.2) is 39.9 Å². The molecular weight excluding hydrogens is 206 g/mol. The summed E-state index contributed by atoms with van der Waals surface area (Å²) in [5.41, 5.74) is 1.37. The number of H-pyrrole nitrogens is 1. The molecule has 1 atom stereocenters. The molecule has 16 heavy (non-hydrogen) atoms. The standard InChI is InChI=1S/C11H15N3O2/c1-7-6-14(4-3-10(7)15)11(16)9-5-12-13-8(9)2/h5,7H,3-4,6H2,1-2H3,(H,12,13). The number of aryl methyl sites for hydroxylation is 1. The quantitative estimate of drug-likeness (QED) is 0.761. The van der Waals surface area contributed by atoms with Crippen molar-refractivity contribution in [2.45, 2.75) is 20.3 Å². The summed E-state index contributed by atoms with van der Waals surface area (Å²) < 4.78 is 0. The average molecular weight is 221 g/mol. The first-order chi connectivity index (χ1) is 7.59. The third-order valence-corrected chi connectivity index (χ3v) is 3.02. The van der Waals surface area contributed by atoms with Crippen LogP contribution in [0.3, 0.4) is 0 Å². The molecule has 5 nitrogen and oxygen atoms in total. The predicted molar refractivity (Wildman–Crippen MR) is 58.0 cm³/mol. The molecular formula is C11H15N3O2. The Morgan fingerprint density at radius 2 is 2.38 bits per heavy atom. The molecule has 1 amide bonds. The summed E-state index contributed by atoms with van der Waals surface area (Å²) >= 11 is 0. The molecule has 1 aliphatic rings. The minimum atomic E-state index is -0.0510. The molecule has 0 saturated carbocycles. The minimum absolute atomic E-state index is 0.0365. The van der Waals surface area contributed by atoms with Crippen molar-refractivity contribution in [3.63, 3.8) is 0 Å². The largest absolute Gasteiger partial charge is 0.337 e. The molecule has 0 bridgehead atoms. The van der Waals surface area contributed by atoms with Gasteiger partial charge in [-0.3, -0.25) is 14.7 Å². The van der Waals surface area contributed by atoms with E-state index in [-0.39, 0.29) is 17.6 Å². The van der Waals surface area contributed by atoms with E-state index in [4.69, 9.17) is 0 Å². The molecule has 1 aromatic rings. The lowest BCUT2D eigenvalue weighted by Crippen LogP contribution is -2.43. The molecule has 2 heterocycles. The van der Waals surface area contributed by atoms with Gasteiger partial charge in [-0.25, -0.2) is 0 Å². The Bertz CT molecular complexity index is 425. The molecule has 1 unspecified atom stereocenters. The number of hydrogen-bond donors (Lipinski definition) is 1. The number of hydrogen-bond acceptors (Lipinski definition) is 3. The third-order valence-electron chi connectivity index (χ3n) is 3.02. The maximum Gasteiger partial charge on any atom is 0.257 e. The Labute approximate surface area is 93.8 Å². The van der Waals surface area contributed by atoms with Gasteiger partial charge in [-0.15, -0.1) is 0 Å². The van der Waals surface area contributed by atoms with Crippen LogP contribution in [0, 0.1) is 12.8 Å². The molecule has 1 aromatic heterocycles. The SMILES string of the molecule is Cc1[nH]ncc1C(=O)N1CCC(=O)C(C)C1. The Balaban J connectivity index is 2.12. The van der Waals surface area contributed by atoms with E-state index in [0.717, 1.165) is 5.69 Å². The molecule has 1 N–H and O–H groups in total. The second-order valence-electron chi connectivity index (χ2n) is 4.28. The van der Waals surface area contributed by atoms with Gasteiger partial charge in [-0.2, -0.15) is 5.10 Å². The topological polar surface area (TPSA) is 66.1 Å². The second kappa shape index (κ2) is 4.08. The van der Waals surface area contributed by atoms with Gasteiger partial charge in [0, 0.05) is 31.1 Å². The number of carbonyl (C=O) groups is 2. The number of amides is 1. The van der Waals surface area contributed by atoms with Crippen molar-refractivity contribution >= 4 is 11.7 Å². The fourth-order valence-corrected chi connectivity index (χ4v) is 1.94. The van der Waals surface area contributed by atoms with Crippen LogP contribution in [0.1, 0.15) is 29.4 Å². The van der Waals surface area contributed by atoms with Crippen LogP contribution in [0.2, 0.25) is 0 Å². The number of aromatic nitrogens is 2. The molecule has 2 rings (SSSR count). The zero-order valence-corrected chi connectivity index (χ0v) is 9.49. The molecule has 86 valence electrons. The molecule has 0 aromatic carbocycles. The Kier molecular flexibility index (Phi) is 2.77. The van der Waals surface area contributed by atoms with Gasteiger partial charge in [0.05, 0.1) is 11.8 Å². The number of piperidine rings is 1. The van der Waals surface area contributed by atoms with E-state index >= 15 is 0 Å². The number of ketones is 1. The van der Waals surface area contributed by atoms with Gasteiger partial charge in [0.1, 0.15) is 5.78 Å². The first-order valence-electron chi connectivity index (χ1n) is 5.41. The normalized spacial score (nSPS) is 21.2. The maximum absolute atomic E-state index is 12.1. The Morgan fingerprint density at radius 1 is 1.62 bits per heavy atom. The van der Waals surface area contributed by atoms with Gasteiger partial charge in [-0.05, 0) is 6.92 Å². The van der Waals surface area contributed by atoms with Crippen molar-refractivity contribution in [1.82, 2.24) is 15.1 Å². The van der Waals surface area contributed by atoms with E-state index < -0.39 is 0 Å². The highest BCUT2D eigenvalue weighted by Gasteiger charge is 2.28. The van der Waals surface area contributed by atoms with Crippen LogP contribution < -0.4 is 0 Å². The molecule has 5 heteroatoms. The molecule has 0 aliphatic carbocycles. The zero-order chi connectivity index (χ0) is 11.7. The summed E-state index contributed by atoms with van der Waals surface area (Å²) in [6.07, 6.45) is 2.00. The van der Waals surface area contributed by atoms with Gasteiger partial charge in [0.2, 0.25) is 0 Å². The number of carbonyl (C=O) groups excluding carboxylic acids is 2. The van der Waals surface area contributed by atoms with Gasteiger partial charge >= 0.3 is 0 Å². The highest BCUT2D eigenvalue weighted by atomic mass is 16.2. The lowest BCUT2D eigenvalue weighted by molar-refractivity contribution is -0.124. The molecule has 1 fully saturated rings. The summed E-state index contributed by atoms with van der Waals surface area (Å²) in [6, 6.07) is 0. The van der Waals surface area contributed by atoms with E-state index in [2.05, 4.69) is 10.2 Å². The predicted octanol–water partition coefficient (Wildman–Crippen LogP) is 0.769. The van der Waals surface area contributed by atoms with Crippen LogP contribution in [0.5, 0.6) is 0 Å². The molecule has 1 saturated heterocycles. The Hall–Kier alpha value is -1.65. The van der Waals surface area contributed by atoms with Crippen LogP contribution >= 0.6 is 0 Å². The number of nitrogens with zero attached hydrogens (tertiary/aromatic N) is 2. The van der Waals surface area contributed by atoms with Gasteiger partial charge < -0.3 is 4.90 Å². The molecule has 0 spiro atoms. The number of nitrogens with one attached hydrogen (secondary N) is 1. The van der Waals surface area contributed by atoms with E-state index in [1.807, 2.05) is 13.8 Å². The van der Waals surface area contributed by atoms with E-state index in [1.54, 1.807) is 11.1 Å². The summed E-state index contributed by atoms with van der Waals surface area (Å²) in [7, 11) is 0. The van der Waals surface area contributed by atoms with Crippen molar-refractivity contribution in [3.8, 4) is 0 Å². The minimum Gasteiger partial charge on any atom is -0.337 e. The number of rotatable bonds is 1. The Morgan fingerprint density at radius 3 is 2.94 bits per heavy atom. The fourth-order valence-electron chi connectivity index (χ4n) is 1.94. The van der Waals surface area contributed by atoms with Gasteiger partial charge in [-0.1, -0.05) is 6.92 Å². The average Bonchev–Trinajstić information content (AvgIpc) is 2.67. The van der Waals surface area contributed by atoms with Crippen molar-refractivity contribution in [2.24, 2.45) is 5.92 Å². The smallest absolute Gasteiger partial charge is 0.257 e. The highest BCUT2D eigenvalue weighted by Crippen LogP contribution is 2.16. The van der Waals surface area contributed by atoms with Gasteiger partial charge in [0.15, 0.2) is 0 Å². The monoisotopic (exact) mass is 221 g/mol. The number of aromatic amines is 1. The van der Waals surface area contributed by atoms with E-state index in [9.17, 15) is 9.59 Å². The first kappa shape index (κ1) is 10.9. The maximum atomic E-state index is 12.1. The first-order valence-corrected chi connectivity index (χ1v) is 5.41. The summed E-state index contributed by atoms with van der Waals surface area (Å²) in [6.45, 7) is 4.72. The lowest BCUT2D eigenvalue weighted by atomic mass is 9.98. The second-order valence-corrected chi connectivity index (χ2v) is 4.28. The van der Waals surface area contributed by atoms with Crippen molar-refractivity contribution in [2.75, 3.05) is 13.1 Å². The van der Waals surface area contributed by atoms with Crippen LogP contribution in [0.4, 0.5) is 0 Å². The summed E-state index contributed by atoms with van der Waals surface area (Å²) in [5.74, 6) is 0.156. The zero-order valence-electron chi connectivity index (χ0n) is 9.49. The summed E-state index contributed by atoms with van der Waals surface area (Å²) in [5, 5.41) is 6.58. The van der Waals surface area contributed by atoms with Crippen LogP contribution in [-0.2, 0) is 4.79 Å². The van der Waals surface area contributed by atoms with Crippen LogP contribution in [0.25, 0.3) is 0 Å². The van der Waals surface area contributed by atoms with Crippen molar-refractivity contribution in [3.05, 3.63) is 17.5 Å². The van der Waals surface area contributed by atoms with Gasteiger partial charge in [0.25, 0.3) is 5.91 Å². The fraction of sp³-hybridized carbons (Fsp3) is 0.545. The third kappa shape index (κ3) is 1.85. The number of Topliss-reactive ketones (excluding diaryl/α,β-unsaturated/α-hetero) is 1. The highest BCUT2D eigenvalue weighted by molar-refractivity contribution is 5.96. The van der Waals surface area contributed by atoms with Crippen molar-refractivity contribution < 1.29 is 9.59 Å². The number of likely N-dealkylation sites (tertiary alicyclic amines) is 1. The van der Waals surface area contributed by atoms with E-state index in [1.165, 1.54) is 0 Å². The van der Waals surface area contributed by atoms with E-state index in [0.29, 0.717) is 25.1 Å². The molecule has 0 radical (unpaired) electrons. The lowest BCUT2D eigenvalue weighted by Gasteiger charge is -2.29.